The summed E-state index contributed by atoms with van der Waals surface area (Å²) in [5.74, 6) is -0.0820. The Labute approximate surface area is 143 Å². The third-order valence-corrected chi connectivity index (χ3v) is 4.74. The molecule has 0 unspecified atom stereocenters. The fourth-order valence-electron chi connectivity index (χ4n) is 2.56. The highest BCUT2D eigenvalue weighted by Crippen LogP contribution is 2.47. The molecule has 2 aromatic carbocycles. The van der Waals surface area contributed by atoms with Crippen molar-refractivity contribution in [2.24, 2.45) is 0 Å². The second-order valence-electron chi connectivity index (χ2n) is 5.79. The van der Waals surface area contributed by atoms with E-state index >= 15 is 0 Å². The lowest BCUT2D eigenvalue weighted by molar-refractivity contribution is -0.123. The quantitative estimate of drug-likeness (QED) is 0.830. The van der Waals surface area contributed by atoms with Gasteiger partial charge in [0.05, 0.1) is 4.47 Å². The number of rotatable bonds is 6. The fourth-order valence-corrected chi connectivity index (χ4v) is 3.03. The van der Waals surface area contributed by atoms with Gasteiger partial charge < -0.3 is 10.1 Å². The number of hydrogen-bond donors (Lipinski definition) is 1. The lowest BCUT2D eigenvalue weighted by Gasteiger charge is -2.17. The second-order valence-corrected chi connectivity index (χ2v) is 6.64. The summed E-state index contributed by atoms with van der Waals surface area (Å²) in [6.45, 7) is 0.527. The molecule has 0 aliphatic heterocycles. The minimum Gasteiger partial charge on any atom is -0.483 e. The van der Waals surface area contributed by atoms with E-state index in [4.69, 9.17) is 4.74 Å². The first kappa shape index (κ1) is 16.0. The lowest BCUT2D eigenvalue weighted by Crippen LogP contribution is -2.35. The average Bonchev–Trinajstić information content (AvgIpc) is 3.34. The van der Waals surface area contributed by atoms with E-state index in [0.717, 1.165) is 12.8 Å². The number of halogens is 2. The van der Waals surface area contributed by atoms with E-state index in [1.54, 1.807) is 0 Å². The van der Waals surface area contributed by atoms with Crippen LogP contribution in [0.25, 0.3) is 0 Å². The number of carbonyl (C=O) groups is 1. The van der Waals surface area contributed by atoms with Gasteiger partial charge in [-0.3, -0.25) is 4.79 Å². The highest BCUT2D eigenvalue weighted by atomic mass is 79.9. The topological polar surface area (TPSA) is 38.3 Å². The predicted molar refractivity (Wildman–Crippen MR) is 90.0 cm³/mol. The molecule has 1 saturated carbocycles. The summed E-state index contributed by atoms with van der Waals surface area (Å²) in [6, 6.07) is 14.3. The number of carbonyl (C=O) groups excluding carboxylic acids is 1. The maximum absolute atomic E-state index is 13.0. The molecule has 1 fully saturated rings. The van der Waals surface area contributed by atoms with Gasteiger partial charge in [0.25, 0.3) is 5.91 Å². The minimum atomic E-state index is -0.354. The second kappa shape index (κ2) is 6.71. The van der Waals surface area contributed by atoms with Crippen LogP contribution in [0.15, 0.2) is 53.0 Å². The zero-order valence-corrected chi connectivity index (χ0v) is 14.1. The molecule has 3 rings (SSSR count). The number of amides is 1. The van der Waals surface area contributed by atoms with Crippen molar-refractivity contribution in [3.05, 3.63) is 64.4 Å². The molecular formula is C18H17BrFNO2. The number of hydrogen-bond acceptors (Lipinski definition) is 2. The van der Waals surface area contributed by atoms with Crippen molar-refractivity contribution in [2.75, 3.05) is 13.2 Å². The van der Waals surface area contributed by atoms with Gasteiger partial charge in [-0.15, -0.1) is 0 Å². The zero-order chi connectivity index (χ0) is 16.3. The Hall–Kier alpha value is -1.88. The van der Waals surface area contributed by atoms with Gasteiger partial charge in [-0.05, 0) is 52.5 Å². The van der Waals surface area contributed by atoms with Gasteiger partial charge in [-0.25, -0.2) is 4.39 Å². The van der Waals surface area contributed by atoms with Crippen LogP contribution in [0.2, 0.25) is 0 Å². The van der Waals surface area contributed by atoms with Crippen molar-refractivity contribution >= 4 is 21.8 Å². The number of nitrogens with one attached hydrogen (secondary N) is 1. The molecule has 1 N–H and O–H groups in total. The Morgan fingerprint density at radius 3 is 2.61 bits per heavy atom. The van der Waals surface area contributed by atoms with E-state index in [1.807, 2.05) is 18.2 Å². The highest BCUT2D eigenvalue weighted by Gasteiger charge is 2.44. The van der Waals surface area contributed by atoms with E-state index in [0.29, 0.717) is 16.8 Å². The van der Waals surface area contributed by atoms with Gasteiger partial charge in [0.15, 0.2) is 6.61 Å². The SMILES string of the molecule is O=C(COc1ccc(F)cc1Br)NCC1(c2ccccc2)CC1. The molecule has 0 heterocycles. The first-order valence-electron chi connectivity index (χ1n) is 7.49. The first-order chi connectivity index (χ1) is 11.1. The largest absolute Gasteiger partial charge is 0.483 e. The van der Waals surface area contributed by atoms with Crippen LogP contribution in [0.1, 0.15) is 18.4 Å². The Morgan fingerprint density at radius 1 is 1.22 bits per heavy atom. The molecule has 0 saturated heterocycles. The molecule has 5 heteroatoms. The molecule has 0 bridgehead atoms. The molecule has 0 spiro atoms. The third kappa shape index (κ3) is 3.91. The molecule has 1 amide bonds. The van der Waals surface area contributed by atoms with E-state index in [1.165, 1.54) is 23.8 Å². The number of benzene rings is 2. The Kier molecular flexibility index (Phi) is 4.66. The summed E-state index contributed by atoms with van der Waals surface area (Å²) in [7, 11) is 0. The molecule has 3 nitrogen and oxygen atoms in total. The Balaban J connectivity index is 1.50. The van der Waals surface area contributed by atoms with Crippen LogP contribution in [-0.4, -0.2) is 19.1 Å². The summed E-state index contributed by atoms with van der Waals surface area (Å²) in [5, 5.41) is 2.93. The van der Waals surface area contributed by atoms with Gasteiger partial charge >= 0.3 is 0 Å². The van der Waals surface area contributed by atoms with Crippen LogP contribution in [0.5, 0.6) is 5.75 Å². The summed E-state index contributed by atoms with van der Waals surface area (Å²) in [5.41, 5.74) is 1.34. The van der Waals surface area contributed by atoms with Crippen LogP contribution in [0, 0.1) is 5.82 Å². The standard InChI is InChI=1S/C18H17BrFNO2/c19-15-10-14(20)6-7-16(15)23-11-17(22)21-12-18(8-9-18)13-4-2-1-3-5-13/h1-7,10H,8-9,11-12H2,(H,21,22). The predicted octanol–water partition coefficient (Wildman–Crippen LogP) is 3.82. The van der Waals surface area contributed by atoms with Crippen molar-refractivity contribution in [3.63, 3.8) is 0 Å². The highest BCUT2D eigenvalue weighted by molar-refractivity contribution is 9.10. The first-order valence-corrected chi connectivity index (χ1v) is 8.28. The molecule has 120 valence electrons. The van der Waals surface area contributed by atoms with Gasteiger partial charge in [-0.2, -0.15) is 0 Å². The Morgan fingerprint density at radius 2 is 1.96 bits per heavy atom. The lowest BCUT2D eigenvalue weighted by atomic mass is 9.96. The van der Waals surface area contributed by atoms with Crippen LogP contribution in [-0.2, 0) is 10.2 Å². The molecule has 0 atom stereocenters. The van der Waals surface area contributed by atoms with Crippen molar-refractivity contribution in [2.45, 2.75) is 18.3 Å². The number of ether oxygens (including phenoxy) is 1. The Bertz CT molecular complexity index is 701. The van der Waals surface area contributed by atoms with Crippen LogP contribution in [0.4, 0.5) is 4.39 Å². The molecule has 1 aliphatic carbocycles. The van der Waals surface area contributed by atoms with Crippen molar-refractivity contribution in [3.8, 4) is 5.75 Å². The van der Waals surface area contributed by atoms with Crippen molar-refractivity contribution in [1.82, 2.24) is 5.32 Å². The van der Waals surface area contributed by atoms with Crippen molar-refractivity contribution < 1.29 is 13.9 Å². The van der Waals surface area contributed by atoms with E-state index in [2.05, 4.69) is 33.4 Å². The monoisotopic (exact) mass is 377 g/mol. The molecule has 0 aromatic heterocycles. The van der Waals surface area contributed by atoms with E-state index < -0.39 is 0 Å². The molecule has 2 aromatic rings. The molecular weight excluding hydrogens is 361 g/mol. The molecule has 0 radical (unpaired) electrons. The maximum Gasteiger partial charge on any atom is 0.257 e. The molecule has 23 heavy (non-hydrogen) atoms. The summed E-state index contributed by atoms with van der Waals surface area (Å²) in [6.07, 6.45) is 2.17. The van der Waals surface area contributed by atoms with E-state index in [9.17, 15) is 9.18 Å². The zero-order valence-electron chi connectivity index (χ0n) is 12.5. The van der Waals surface area contributed by atoms with Gasteiger partial charge in [-0.1, -0.05) is 30.3 Å². The van der Waals surface area contributed by atoms with Crippen LogP contribution < -0.4 is 10.1 Å². The minimum absolute atomic E-state index is 0.0768. The summed E-state index contributed by atoms with van der Waals surface area (Å²) in [4.78, 5) is 12.0. The van der Waals surface area contributed by atoms with Crippen LogP contribution in [0.3, 0.4) is 0 Å². The fraction of sp³-hybridized carbons (Fsp3) is 0.278. The van der Waals surface area contributed by atoms with Crippen LogP contribution >= 0.6 is 15.9 Å². The summed E-state index contributed by atoms with van der Waals surface area (Å²) < 4.78 is 18.9. The average molecular weight is 378 g/mol. The molecule has 1 aliphatic rings. The smallest absolute Gasteiger partial charge is 0.257 e. The normalized spacial score (nSPS) is 15.0. The van der Waals surface area contributed by atoms with E-state index in [-0.39, 0.29) is 23.7 Å². The maximum atomic E-state index is 13.0. The third-order valence-electron chi connectivity index (χ3n) is 4.12. The van der Waals surface area contributed by atoms with Gasteiger partial charge in [0.1, 0.15) is 11.6 Å². The summed E-state index contributed by atoms with van der Waals surface area (Å²) >= 11 is 3.21. The van der Waals surface area contributed by atoms with Gasteiger partial charge in [0, 0.05) is 12.0 Å². The van der Waals surface area contributed by atoms with Gasteiger partial charge in [0.2, 0.25) is 0 Å². The van der Waals surface area contributed by atoms with Crippen molar-refractivity contribution in [1.29, 1.82) is 0 Å².